The molecule has 0 aliphatic heterocycles. The predicted octanol–water partition coefficient (Wildman–Crippen LogP) is 3.59. The van der Waals surface area contributed by atoms with Crippen molar-refractivity contribution in [3.05, 3.63) is 33.8 Å². The molecule has 1 rings (SSSR count). The fourth-order valence-electron chi connectivity index (χ4n) is 1.56. The molecule has 1 atom stereocenters. The molecule has 0 aromatic heterocycles. The van der Waals surface area contributed by atoms with E-state index in [1.165, 1.54) is 19.2 Å². The highest BCUT2D eigenvalue weighted by molar-refractivity contribution is 6.35. The van der Waals surface area contributed by atoms with Gasteiger partial charge in [-0.15, -0.1) is 0 Å². The van der Waals surface area contributed by atoms with Crippen molar-refractivity contribution in [3.8, 4) is 0 Å². The van der Waals surface area contributed by atoms with Crippen molar-refractivity contribution in [1.29, 1.82) is 0 Å². The third-order valence-corrected chi connectivity index (χ3v) is 2.92. The topological polar surface area (TPSA) is 52.6 Å². The molecule has 0 saturated heterocycles. The van der Waals surface area contributed by atoms with E-state index in [2.05, 4.69) is 4.74 Å². The molecule has 1 aromatic carbocycles. The van der Waals surface area contributed by atoms with E-state index in [4.69, 9.17) is 27.9 Å². The van der Waals surface area contributed by atoms with Gasteiger partial charge in [0, 0.05) is 10.0 Å². The van der Waals surface area contributed by atoms with Crippen LogP contribution in [0.3, 0.4) is 0 Å². The van der Waals surface area contributed by atoms with E-state index in [1.54, 1.807) is 26.8 Å². The molecule has 0 fully saturated rings. The first-order chi connectivity index (χ1) is 9.15. The van der Waals surface area contributed by atoms with E-state index in [1.807, 2.05) is 0 Å². The maximum Gasteiger partial charge on any atom is 0.325 e. The Bertz CT molecular complexity index is 520. The molecule has 0 saturated carbocycles. The quantitative estimate of drug-likeness (QED) is 0.631. The number of methoxy groups -OCH3 is 1. The van der Waals surface area contributed by atoms with E-state index in [0.29, 0.717) is 10.6 Å². The van der Waals surface area contributed by atoms with Crippen LogP contribution in [0.4, 0.5) is 0 Å². The lowest BCUT2D eigenvalue weighted by Crippen LogP contribution is -2.32. The molecule has 20 heavy (non-hydrogen) atoms. The number of hydrogen-bond acceptors (Lipinski definition) is 4. The highest BCUT2D eigenvalue weighted by atomic mass is 35.5. The van der Waals surface area contributed by atoms with Crippen LogP contribution < -0.4 is 0 Å². The summed E-state index contributed by atoms with van der Waals surface area (Å²) < 4.78 is 9.89. The Hall–Kier alpha value is -1.26. The summed E-state index contributed by atoms with van der Waals surface area (Å²) in [5, 5.41) is 0.616. The van der Waals surface area contributed by atoms with Gasteiger partial charge in [0.05, 0.1) is 7.11 Å². The fraction of sp³-hybridized carbons (Fsp3) is 0.429. The minimum Gasteiger partial charge on any atom is -0.468 e. The van der Waals surface area contributed by atoms with Gasteiger partial charge >= 0.3 is 11.9 Å². The van der Waals surface area contributed by atoms with Crippen LogP contribution in [0.5, 0.6) is 0 Å². The van der Waals surface area contributed by atoms with E-state index >= 15 is 0 Å². The van der Waals surface area contributed by atoms with Crippen LogP contribution in [0.2, 0.25) is 10.0 Å². The molecule has 0 aliphatic carbocycles. The van der Waals surface area contributed by atoms with E-state index in [0.717, 1.165) is 0 Å². The van der Waals surface area contributed by atoms with Gasteiger partial charge < -0.3 is 9.47 Å². The minimum atomic E-state index is -1.23. The van der Waals surface area contributed by atoms with Crippen LogP contribution in [0.25, 0.3) is 0 Å². The van der Waals surface area contributed by atoms with Gasteiger partial charge in [0.2, 0.25) is 0 Å². The second-order valence-electron chi connectivity index (χ2n) is 5.16. The van der Waals surface area contributed by atoms with E-state index < -0.39 is 23.5 Å². The van der Waals surface area contributed by atoms with Gasteiger partial charge in [0.15, 0.2) is 5.92 Å². The number of benzene rings is 1. The molecule has 0 spiro atoms. The van der Waals surface area contributed by atoms with Crippen molar-refractivity contribution in [2.24, 2.45) is 0 Å². The van der Waals surface area contributed by atoms with Crippen LogP contribution in [-0.2, 0) is 19.1 Å². The highest BCUT2D eigenvalue weighted by Gasteiger charge is 2.35. The molecule has 1 unspecified atom stereocenters. The lowest BCUT2D eigenvalue weighted by atomic mass is 9.99. The monoisotopic (exact) mass is 318 g/mol. The Labute approximate surface area is 128 Å². The maximum atomic E-state index is 12.2. The van der Waals surface area contributed by atoms with Crippen LogP contribution in [0.1, 0.15) is 32.3 Å². The van der Waals surface area contributed by atoms with E-state index in [9.17, 15) is 9.59 Å². The molecule has 1 aromatic rings. The van der Waals surface area contributed by atoms with Crippen molar-refractivity contribution >= 4 is 35.1 Å². The molecular weight excluding hydrogens is 303 g/mol. The Balaban J connectivity index is 3.19. The predicted molar refractivity (Wildman–Crippen MR) is 77.1 cm³/mol. The Morgan fingerprint density at radius 3 is 2.20 bits per heavy atom. The van der Waals surface area contributed by atoms with Crippen molar-refractivity contribution in [3.63, 3.8) is 0 Å². The summed E-state index contributed by atoms with van der Waals surface area (Å²) >= 11 is 11.8. The van der Waals surface area contributed by atoms with Gasteiger partial charge in [-0.1, -0.05) is 29.3 Å². The molecule has 0 radical (unpaired) electrons. The normalized spacial score (nSPS) is 12.7. The zero-order valence-corrected chi connectivity index (χ0v) is 13.2. The van der Waals surface area contributed by atoms with Gasteiger partial charge in [-0.05, 0) is 38.5 Å². The number of hydrogen-bond donors (Lipinski definition) is 0. The lowest BCUT2D eigenvalue weighted by Gasteiger charge is -2.23. The molecule has 6 heteroatoms. The summed E-state index contributed by atoms with van der Waals surface area (Å²) in [5.41, 5.74) is -0.417. The Morgan fingerprint density at radius 2 is 1.75 bits per heavy atom. The van der Waals surface area contributed by atoms with Crippen molar-refractivity contribution in [1.82, 2.24) is 0 Å². The van der Waals surface area contributed by atoms with E-state index in [-0.39, 0.29) is 5.02 Å². The van der Waals surface area contributed by atoms with Gasteiger partial charge in [-0.2, -0.15) is 0 Å². The van der Waals surface area contributed by atoms with Gasteiger partial charge in [0.25, 0.3) is 0 Å². The fourth-order valence-corrected chi connectivity index (χ4v) is 2.08. The summed E-state index contributed by atoms with van der Waals surface area (Å²) in [5.74, 6) is -2.68. The van der Waals surface area contributed by atoms with Gasteiger partial charge in [-0.25, -0.2) is 0 Å². The zero-order chi connectivity index (χ0) is 15.5. The zero-order valence-electron chi connectivity index (χ0n) is 11.7. The Morgan fingerprint density at radius 1 is 1.15 bits per heavy atom. The Kier molecular flexibility index (Phi) is 5.42. The average Bonchev–Trinajstić information content (AvgIpc) is 2.29. The van der Waals surface area contributed by atoms with Crippen LogP contribution >= 0.6 is 23.2 Å². The first-order valence-corrected chi connectivity index (χ1v) is 6.67. The second kappa shape index (κ2) is 6.46. The van der Waals surface area contributed by atoms with Crippen LogP contribution in [0.15, 0.2) is 18.2 Å². The molecule has 110 valence electrons. The third kappa shape index (κ3) is 4.39. The number of carbonyl (C=O) groups excluding carboxylic acids is 2. The number of esters is 2. The van der Waals surface area contributed by atoms with Gasteiger partial charge in [0.1, 0.15) is 5.60 Å². The first kappa shape index (κ1) is 16.8. The van der Waals surface area contributed by atoms with Crippen LogP contribution in [0, 0.1) is 0 Å². The molecule has 0 N–H and O–H groups in total. The summed E-state index contributed by atoms with van der Waals surface area (Å²) in [6.45, 7) is 5.13. The third-order valence-electron chi connectivity index (χ3n) is 2.35. The van der Waals surface area contributed by atoms with Crippen LogP contribution in [-0.4, -0.2) is 24.6 Å². The highest BCUT2D eigenvalue weighted by Crippen LogP contribution is 2.30. The van der Waals surface area contributed by atoms with Crippen molar-refractivity contribution < 1.29 is 19.1 Å². The number of rotatable bonds is 3. The standard InChI is InChI=1S/C14H16Cl2O4/c1-14(2,3)20-13(18)11(12(17)19-4)9-6-5-8(15)7-10(9)16/h5-7,11H,1-4H3. The summed E-state index contributed by atoms with van der Waals surface area (Å²) in [7, 11) is 1.20. The van der Waals surface area contributed by atoms with Gasteiger partial charge in [-0.3, -0.25) is 9.59 Å². The maximum absolute atomic E-state index is 12.2. The lowest BCUT2D eigenvalue weighted by molar-refractivity contribution is -0.163. The second-order valence-corrected chi connectivity index (χ2v) is 6.00. The SMILES string of the molecule is COC(=O)C(C(=O)OC(C)(C)C)c1ccc(Cl)cc1Cl. The number of carbonyl (C=O) groups is 2. The summed E-state index contributed by atoms with van der Waals surface area (Å²) in [6.07, 6.45) is 0. The first-order valence-electron chi connectivity index (χ1n) is 5.91. The molecular formula is C14H16Cl2O4. The molecule has 0 heterocycles. The minimum absolute atomic E-state index is 0.207. The smallest absolute Gasteiger partial charge is 0.325 e. The average molecular weight is 319 g/mol. The van der Waals surface area contributed by atoms with Crippen molar-refractivity contribution in [2.45, 2.75) is 32.3 Å². The molecule has 4 nitrogen and oxygen atoms in total. The van der Waals surface area contributed by atoms with Crippen molar-refractivity contribution in [2.75, 3.05) is 7.11 Å². The molecule has 0 amide bonds. The summed E-state index contributed by atoms with van der Waals surface area (Å²) in [6, 6.07) is 4.51. The molecule has 0 aliphatic rings. The summed E-state index contributed by atoms with van der Waals surface area (Å²) in [4.78, 5) is 24.0. The number of ether oxygens (including phenoxy) is 2. The largest absolute Gasteiger partial charge is 0.468 e. The molecule has 0 bridgehead atoms. The number of halogens is 2.